The maximum absolute atomic E-state index is 12.5. The van der Waals surface area contributed by atoms with E-state index in [1.807, 2.05) is 12.1 Å². The second kappa shape index (κ2) is 7.94. The summed E-state index contributed by atoms with van der Waals surface area (Å²) in [6.45, 7) is 3.31. The van der Waals surface area contributed by atoms with Crippen molar-refractivity contribution in [2.24, 2.45) is 11.1 Å². The third-order valence-corrected chi connectivity index (χ3v) is 6.24. The van der Waals surface area contributed by atoms with Crippen molar-refractivity contribution < 1.29 is 19.0 Å². The number of carbonyl (C=O) groups excluding carboxylic acids is 1. The van der Waals surface area contributed by atoms with Gasteiger partial charge in [-0.1, -0.05) is 0 Å². The monoisotopic (exact) mass is 377 g/mol. The van der Waals surface area contributed by atoms with Crippen LogP contribution in [0.25, 0.3) is 0 Å². The van der Waals surface area contributed by atoms with E-state index >= 15 is 0 Å². The van der Waals surface area contributed by atoms with E-state index in [4.69, 9.17) is 19.9 Å². The highest BCUT2D eigenvalue weighted by Crippen LogP contribution is 2.44. The van der Waals surface area contributed by atoms with E-state index in [-0.39, 0.29) is 11.9 Å². The molecule has 7 nitrogen and oxygen atoms in total. The summed E-state index contributed by atoms with van der Waals surface area (Å²) in [4.78, 5) is 17.1. The Bertz CT molecular complexity index is 671. The highest BCUT2D eigenvalue weighted by atomic mass is 16.5. The fourth-order valence-electron chi connectivity index (χ4n) is 4.66. The number of ether oxygens (including phenoxy) is 3. The maximum atomic E-state index is 12.5. The number of rotatable bonds is 6. The summed E-state index contributed by atoms with van der Waals surface area (Å²) in [6.07, 6.45) is 2.65. The molecule has 0 unspecified atom stereocenters. The Balaban J connectivity index is 1.96. The van der Waals surface area contributed by atoms with Gasteiger partial charge >= 0.3 is 0 Å². The molecule has 3 rings (SSSR count). The number of piperidine rings is 2. The summed E-state index contributed by atoms with van der Waals surface area (Å²) in [5, 5.41) is 0. The van der Waals surface area contributed by atoms with E-state index in [0.717, 1.165) is 56.0 Å². The summed E-state index contributed by atoms with van der Waals surface area (Å²) in [5.41, 5.74) is 6.43. The molecule has 150 valence electrons. The topological polar surface area (TPSA) is 77.3 Å². The van der Waals surface area contributed by atoms with Gasteiger partial charge in [-0.25, -0.2) is 0 Å². The van der Waals surface area contributed by atoms with Crippen molar-refractivity contribution in [1.29, 1.82) is 0 Å². The molecule has 2 N–H and O–H groups in total. The molecular weight excluding hydrogens is 346 g/mol. The predicted octanol–water partition coefficient (Wildman–Crippen LogP) is 1.48. The summed E-state index contributed by atoms with van der Waals surface area (Å²) < 4.78 is 16.6. The van der Waals surface area contributed by atoms with E-state index < -0.39 is 5.41 Å². The molecule has 27 heavy (non-hydrogen) atoms. The molecule has 0 spiro atoms. The largest absolute Gasteiger partial charge is 0.496 e. The SMILES string of the molecule is COc1cc(OC)c(CN2CCC[C@@]3(C(N)=O)CCN(C)C[C@H]23)c(OC)c1. The van der Waals surface area contributed by atoms with Crippen LogP contribution in [0.4, 0.5) is 0 Å². The van der Waals surface area contributed by atoms with E-state index in [1.165, 1.54) is 0 Å². The number of methoxy groups -OCH3 is 3. The van der Waals surface area contributed by atoms with E-state index in [0.29, 0.717) is 12.3 Å². The highest BCUT2D eigenvalue weighted by molar-refractivity contribution is 5.82. The number of nitrogens with two attached hydrogens (primary N) is 1. The van der Waals surface area contributed by atoms with Gasteiger partial charge in [0.1, 0.15) is 17.2 Å². The molecule has 2 aliphatic rings. The summed E-state index contributed by atoms with van der Waals surface area (Å²) in [6, 6.07) is 3.84. The van der Waals surface area contributed by atoms with Crippen LogP contribution in [0.5, 0.6) is 17.2 Å². The number of hydrogen-bond acceptors (Lipinski definition) is 6. The Labute approximate surface area is 161 Å². The number of fused-ring (bicyclic) bond motifs is 1. The average Bonchev–Trinajstić information content (AvgIpc) is 2.68. The second-order valence-corrected chi connectivity index (χ2v) is 7.63. The molecule has 7 heteroatoms. The fourth-order valence-corrected chi connectivity index (χ4v) is 4.66. The van der Waals surface area contributed by atoms with Gasteiger partial charge in [0.25, 0.3) is 0 Å². The van der Waals surface area contributed by atoms with Crippen LogP contribution in [0.15, 0.2) is 12.1 Å². The molecule has 0 radical (unpaired) electrons. The van der Waals surface area contributed by atoms with Gasteiger partial charge in [-0.3, -0.25) is 9.69 Å². The van der Waals surface area contributed by atoms with Crippen molar-refractivity contribution in [1.82, 2.24) is 9.80 Å². The Kier molecular flexibility index (Phi) is 5.81. The van der Waals surface area contributed by atoms with Gasteiger partial charge < -0.3 is 24.8 Å². The average molecular weight is 377 g/mol. The zero-order chi connectivity index (χ0) is 19.6. The number of carbonyl (C=O) groups is 1. The van der Waals surface area contributed by atoms with E-state index in [1.54, 1.807) is 21.3 Å². The lowest BCUT2D eigenvalue weighted by Crippen LogP contribution is -2.64. The highest BCUT2D eigenvalue weighted by Gasteiger charge is 2.51. The number of primary amides is 1. The van der Waals surface area contributed by atoms with Gasteiger partial charge in [0.05, 0.1) is 32.3 Å². The minimum atomic E-state index is -0.447. The molecule has 2 aliphatic heterocycles. The lowest BCUT2D eigenvalue weighted by Gasteiger charge is -2.53. The zero-order valence-corrected chi connectivity index (χ0v) is 16.8. The van der Waals surface area contributed by atoms with Crippen molar-refractivity contribution in [2.45, 2.75) is 31.8 Å². The Morgan fingerprint density at radius 3 is 2.37 bits per heavy atom. The predicted molar refractivity (Wildman–Crippen MR) is 103 cm³/mol. The van der Waals surface area contributed by atoms with Crippen LogP contribution in [0.2, 0.25) is 0 Å². The van der Waals surface area contributed by atoms with Gasteiger partial charge in [-0.05, 0) is 39.4 Å². The van der Waals surface area contributed by atoms with Gasteiger partial charge in [0.2, 0.25) is 5.91 Å². The first-order valence-corrected chi connectivity index (χ1v) is 9.46. The number of nitrogens with zero attached hydrogens (tertiary/aromatic N) is 2. The molecule has 0 saturated carbocycles. The minimum absolute atomic E-state index is 0.0963. The first-order valence-electron chi connectivity index (χ1n) is 9.46. The van der Waals surface area contributed by atoms with Crippen molar-refractivity contribution >= 4 is 5.91 Å². The number of likely N-dealkylation sites (N-methyl/N-ethyl adjacent to an activating group) is 1. The number of likely N-dealkylation sites (tertiary alicyclic amines) is 2. The molecule has 1 amide bonds. The van der Waals surface area contributed by atoms with Crippen LogP contribution in [0, 0.1) is 5.41 Å². The lowest BCUT2D eigenvalue weighted by molar-refractivity contribution is -0.141. The van der Waals surface area contributed by atoms with Crippen molar-refractivity contribution in [3.05, 3.63) is 17.7 Å². The van der Waals surface area contributed by atoms with Crippen LogP contribution >= 0.6 is 0 Å². The van der Waals surface area contributed by atoms with Gasteiger partial charge in [0.15, 0.2) is 0 Å². The standard InChI is InChI=1S/C20H31N3O4/c1-22-9-7-20(19(21)24)6-5-8-23(18(20)13-22)12-15-16(26-3)10-14(25-2)11-17(15)27-4/h10-11,18H,5-9,12-13H2,1-4H3,(H2,21,24)/t18-,20+/m0/s1. The van der Waals surface area contributed by atoms with E-state index in [2.05, 4.69) is 16.8 Å². The zero-order valence-electron chi connectivity index (χ0n) is 16.8. The fraction of sp³-hybridized carbons (Fsp3) is 0.650. The van der Waals surface area contributed by atoms with Crippen LogP contribution in [-0.4, -0.2) is 69.8 Å². The molecule has 1 aromatic carbocycles. The molecule has 2 heterocycles. The van der Waals surface area contributed by atoms with Gasteiger partial charge in [-0.2, -0.15) is 0 Å². The minimum Gasteiger partial charge on any atom is -0.496 e. The number of hydrogen-bond donors (Lipinski definition) is 1. The molecule has 2 fully saturated rings. The molecule has 2 atom stereocenters. The van der Waals surface area contributed by atoms with Crippen LogP contribution < -0.4 is 19.9 Å². The summed E-state index contributed by atoms with van der Waals surface area (Å²) in [7, 11) is 7.02. The third-order valence-electron chi connectivity index (χ3n) is 6.24. The Morgan fingerprint density at radius 2 is 1.81 bits per heavy atom. The Morgan fingerprint density at radius 1 is 1.15 bits per heavy atom. The molecule has 1 aromatic rings. The molecule has 0 aromatic heterocycles. The van der Waals surface area contributed by atoms with Crippen molar-refractivity contribution in [3.8, 4) is 17.2 Å². The lowest BCUT2D eigenvalue weighted by atomic mass is 9.68. The first-order chi connectivity index (χ1) is 12.9. The molecule has 0 bridgehead atoms. The summed E-state index contributed by atoms with van der Waals surface area (Å²) in [5.74, 6) is 1.98. The first kappa shape index (κ1) is 19.8. The summed E-state index contributed by atoms with van der Waals surface area (Å²) >= 11 is 0. The van der Waals surface area contributed by atoms with Crippen LogP contribution in [-0.2, 0) is 11.3 Å². The third kappa shape index (κ3) is 3.58. The Hall–Kier alpha value is -1.99. The smallest absolute Gasteiger partial charge is 0.225 e. The van der Waals surface area contributed by atoms with Gasteiger partial charge in [0, 0.05) is 31.3 Å². The normalized spacial score (nSPS) is 26.3. The second-order valence-electron chi connectivity index (χ2n) is 7.63. The molecule has 2 saturated heterocycles. The quantitative estimate of drug-likeness (QED) is 0.809. The van der Waals surface area contributed by atoms with Crippen LogP contribution in [0.1, 0.15) is 24.8 Å². The van der Waals surface area contributed by atoms with E-state index in [9.17, 15) is 4.79 Å². The maximum Gasteiger partial charge on any atom is 0.225 e. The molecule has 0 aliphatic carbocycles. The van der Waals surface area contributed by atoms with Gasteiger partial charge in [-0.15, -0.1) is 0 Å². The van der Waals surface area contributed by atoms with Crippen molar-refractivity contribution in [3.63, 3.8) is 0 Å². The van der Waals surface area contributed by atoms with Crippen molar-refractivity contribution in [2.75, 3.05) is 48.0 Å². The number of benzene rings is 1. The number of amides is 1. The van der Waals surface area contributed by atoms with Crippen LogP contribution in [0.3, 0.4) is 0 Å². The molecular formula is C20H31N3O4.